The van der Waals surface area contributed by atoms with Crippen molar-refractivity contribution in [3.63, 3.8) is 0 Å². The lowest BCUT2D eigenvalue weighted by molar-refractivity contribution is -0.384. The fourth-order valence-corrected chi connectivity index (χ4v) is 5.67. The number of nitrogen functional groups attached to an aromatic ring is 1. The molecule has 3 aliphatic heterocycles. The molecule has 5 N–H and O–H groups in total. The SMILES string of the molecule is CC.CC.CC.Nc1ccc(Oc2cc(Oc3ccc([N+](=O)[O-])cc3)cc(-c3ccc(C4=CC(C5=CC=CCN5)NC(C5C=CC=CN5)=C4)cc3)c2)cc1. The standard InChI is InChI=1S/C39H33N5O4.3C2H6/c40-30-11-15-32(16-12-30)47-34-21-28(22-35(25-34)48-33-17-13-31(14-18-33)44(45)46)26-7-9-27(10-8-26)29-23-38(36-5-1-3-19-41-36)43-39(24-29)37-6-2-4-20-42-37;3*1-2/h1-19,21-25,36,39,41-43H,20,40H2;3*1-2H3. The van der Waals surface area contributed by atoms with E-state index in [1.54, 1.807) is 42.5 Å². The fourth-order valence-electron chi connectivity index (χ4n) is 5.67. The Morgan fingerprint density at radius 2 is 1.30 bits per heavy atom. The van der Waals surface area contributed by atoms with E-state index in [4.69, 9.17) is 15.2 Å². The van der Waals surface area contributed by atoms with E-state index >= 15 is 0 Å². The number of anilines is 1. The number of hydrogen-bond acceptors (Lipinski definition) is 8. The van der Waals surface area contributed by atoms with Gasteiger partial charge in [0.15, 0.2) is 0 Å². The molecule has 280 valence electrons. The number of nitrogens with two attached hydrogens (primary N) is 1. The van der Waals surface area contributed by atoms with Crippen molar-refractivity contribution in [1.29, 1.82) is 0 Å². The summed E-state index contributed by atoms with van der Waals surface area (Å²) in [4.78, 5) is 10.7. The summed E-state index contributed by atoms with van der Waals surface area (Å²) in [6, 6.07) is 27.3. The van der Waals surface area contributed by atoms with E-state index < -0.39 is 4.92 Å². The first-order chi connectivity index (χ1) is 26.5. The molecule has 4 aromatic carbocycles. The van der Waals surface area contributed by atoms with Gasteiger partial charge in [-0.1, -0.05) is 90.1 Å². The topological polar surface area (TPSA) is 124 Å². The average Bonchev–Trinajstić information content (AvgIpc) is 3.24. The lowest BCUT2D eigenvalue weighted by Crippen LogP contribution is -2.43. The molecule has 7 rings (SSSR count). The third-order valence-corrected chi connectivity index (χ3v) is 8.10. The van der Waals surface area contributed by atoms with E-state index in [0.29, 0.717) is 28.7 Å². The van der Waals surface area contributed by atoms with Gasteiger partial charge in [-0.05, 0) is 101 Å². The number of nitro benzene ring substituents is 1. The molecule has 0 radical (unpaired) electrons. The van der Waals surface area contributed by atoms with Crippen LogP contribution in [0, 0.1) is 10.1 Å². The molecule has 2 unspecified atom stereocenters. The molecule has 9 heteroatoms. The number of nitrogens with one attached hydrogen (secondary N) is 3. The molecule has 3 heterocycles. The van der Waals surface area contributed by atoms with Crippen molar-refractivity contribution in [2.24, 2.45) is 0 Å². The summed E-state index contributed by atoms with van der Waals surface area (Å²) in [6.07, 6.45) is 18.9. The molecule has 0 saturated heterocycles. The quantitative estimate of drug-likeness (QED) is 0.0764. The van der Waals surface area contributed by atoms with Crippen LogP contribution < -0.4 is 31.2 Å². The van der Waals surface area contributed by atoms with Gasteiger partial charge in [0.1, 0.15) is 23.0 Å². The fraction of sp³-hybridized carbons (Fsp3) is 0.200. The monoisotopic (exact) mass is 725 g/mol. The molecule has 0 amide bonds. The second-order valence-electron chi connectivity index (χ2n) is 11.5. The Kier molecular flexibility index (Phi) is 15.3. The molecule has 3 aliphatic rings. The first-order valence-electron chi connectivity index (χ1n) is 18.6. The van der Waals surface area contributed by atoms with Crippen LogP contribution in [0.2, 0.25) is 0 Å². The average molecular weight is 726 g/mol. The Bertz CT molecular complexity index is 2010. The smallest absolute Gasteiger partial charge is 0.269 e. The van der Waals surface area contributed by atoms with Gasteiger partial charge in [0, 0.05) is 41.8 Å². The van der Waals surface area contributed by atoms with E-state index in [2.05, 4.69) is 82.7 Å². The van der Waals surface area contributed by atoms with Crippen LogP contribution in [0.3, 0.4) is 0 Å². The zero-order valence-electron chi connectivity index (χ0n) is 31.9. The molecular weight excluding hydrogens is 675 g/mol. The number of rotatable bonds is 9. The van der Waals surface area contributed by atoms with Gasteiger partial charge in [-0.3, -0.25) is 10.1 Å². The molecule has 0 fully saturated rings. The number of non-ortho nitro benzene ring substituents is 1. The summed E-state index contributed by atoms with van der Waals surface area (Å²) in [5.74, 6) is 2.19. The summed E-state index contributed by atoms with van der Waals surface area (Å²) in [5, 5.41) is 21.8. The van der Waals surface area contributed by atoms with Crippen LogP contribution in [0.4, 0.5) is 11.4 Å². The molecule has 0 aromatic heterocycles. The highest BCUT2D eigenvalue weighted by atomic mass is 16.6. The number of ether oxygens (including phenoxy) is 2. The molecule has 2 atom stereocenters. The van der Waals surface area contributed by atoms with Gasteiger partial charge in [-0.25, -0.2) is 0 Å². The summed E-state index contributed by atoms with van der Waals surface area (Å²) in [6.45, 7) is 12.8. The number of nitro groups is 1. The maximum Gasteiger partial charge on any atom is 0.269 e. The highest BCUT2D eigenvalue weighted by molar-refractivity contribution is 5.79. The van der Waals surface area contributed by atoms with Gasteiger partial charge in [-0.15, -0.1) is 0 Å². The predicted octanol–water partition coefficient (Wildman–Crippen LogP) is 10.8. The van der Waals surface area contributed by atoms with Gasteiger partial charge in [0.05, 0.1) is 17.0 Å². The molecule has 54 heavy (non-hydrogen) atoms. The Labute approximate surface area is 319 Å². The van der Waals surface area contributed by atoms with Crippen molar-refractivity contribution < 1.29 is 14.4 Å². The number of hydrogen-bond donors (Lipinski definition) is 4. The van der Waals surface area contributed by atoms with E-state index in [-0.39, 0.29) is 17.8 Å². The molecule has 0 aliphatic carbocycles. The first kappa shape index (κ1) is 40.3. The summed E-state index contributed by atoms with van der Waals surface area (Å²) in [5.41, 5.74) is 12.8. The molecule has 0 spiro atoms. The Hall–Kier alpha value is -6.48. The van der Waals surface area contributed by atoms with Crippen molar-refractivity contribution in [2.75, 3.05) is 12.3 Å². The lowest BCUT2D eigenvalue weighted by atomic mass is 9.93. The van der Waals surface area contributed by atoms with Gasteiger partial charge in [0.25, 0.3) is 5.69 Å². The lowest BCUT2D eigenvalue weighted by Gasteiger charge is -2.31. The Morgan fingerprint density at radius 3 is 1.85 bits per heavy atom. The first-order valence-corrected chi connectivity index (χ1v) is 18.6. The second kappa shape index (κ2) is 20.5. The molecular formula is C45H51N5O4. The second-order valence-corrected chi connectivity index (χ2v) is 11.5. The van der Waals surface area contributed by atoms with Crippen LogP contribution >= 0.6 is 0 Å². The minimum Gasteiger partial charge on any atom is -0.457 e. The van der Waals surface area contributed by atoms with Crippen LogP contribution in [-0.4, -0.2) is 23.6 Å². The van der Waals surface area contributed by atoms with Gasteiger partial charge < -0.3 is 31.2 Å². The van der Waals surface area contributed by atoms with Crippen LogP contribution in [0.25, 0.3) is 16.7 Å². The highest BCUT2D eigenvalue weighted by Gasteiger charge is 2.23. The van der Waals surface area contributed by atoms with Crippen molar-refractivity contribution >= 4 is 16.9 Å². The molecule has 9 nitrogen and oxygen atoms in total. The highest BCUT2D eigenvalue weighted by Crippen LogP contribution is 2.36. The zero-order chi connectivity index (χ0) is 38.9. The van der Waals surface area contributed by atoms with E-state index in [1.807, 2.05) is 66.0 Å². The van der Waals surface area contributed by atoms with Crippen molar-refractivity contribution in [1.82, 2.24) is 16.0 Å². The van der Waals surface area contributed by atoms with Gasteiger partial charge in [0.2, 0.25) is 0 Å². The third kappa shape index (κ3) is 10.8. The van der Waals surface area contributed by atoms with Crippen molar-refractivity contribution in [3.8, 4) is 34.1 Å². The minimum absolute atomic E-state index is 0.00687. The summed E-state index contributed by atoms with van der Waals surface area (Å²) >= 11 is 0. The maximum absolute atomic E-state index is 11.1. The van der Waals surface area contributed by atoms with Crippen molar-refractivity contribution in [2.45, 2.75) is 53.6 Å². The van der Waals surface area contributed by atoms with Gasteiger partial charge >= 0.3 is 0 Å². The Balaban J connectivity index is 0.00000103. The van der Waals surface area contributed by atoms with Crippen LogP contribution in [0.1, 0.15) is 47.1 Å². The van der Waals surface area contributed by atoms with Crippen molar-refractivity contribution in [3.05, 3.63) is 173 Å². The molecule has 4 aromatic rings. The van der Waals surface area contributed by atoms with Gasteiger partial charge in [-0.2, -0.15) is 0 Å². The number of nitrogens with zero attached hydrogens (tertiary/aromatic N) is 1. The number of allylic oxidation sites excluding steroid dienone is 6. The maximum atomic E-state index is 11.1. The van der Waals surface area contributed by atoms with Crippen LogP contribution in [0.5, 0.6) is 23.0 Å². The summed E-state index contributed by atoms with van der Waals surface area (Å²) in [7, 11) is 0. The summed E-state index contributed by atoms with van der Waals surface area (Å²) < 4.78 is 12.4. The third-order valence-electron chi connectivity index (χ3n) is 8.10. The van der Waals surface area contributed by atoms with E-state index in [1.165, 1.54) is 12.1 Å². The predicted molar refractivity (Wildman–Crippen MR) is 223 cm³/mol. The van der Waals surface area contributed by atoms with E-state index in [9.17, 15) is 10.1 Å². The normalized spacial score (nSPS) is 16.3. The van der Waals surface area contributed by atoms with Crippen LogP contribution in [-0.2, 0) is 0 Å². The Morgan fingerprint density at radius 1 is 0.685 bits per heavy atom. The largest absolute Gasteiger partial charge is 0.457 e. The van der Waals surface area contributed by atoms with Crippen LogP contribution in [0.15, 0.2) is 157 Å². The number of benzene rings is 4. The minimum atomic E-state index is -0.438. The zero-order valence-corrected chi connectivity index (χ0v) is 31.9. The number of dihydropyridines is 3. The van der Waals surface area contributed by atoms with E-state index in [0.717, 1.165) is 40.2 Å². The molecule has 0 bridgehead atoms. The molecule has 0 saturated carbocycles.